The summed E-state index contributed by atoms with van der Waals surface area (Å²) in [7, 11) is 0. The molecule has 53 valence electrons. The van der Waals surface area contributed by atoms with E-state index in [0.717, 1.165) is 12.0 Å². The third-order valence-electron chi connectivity index (χ3n) is 1.43. The van der Waals surface area contributed by atoms with E-state index >= 15 is 0 Å². The molecule has 1 heteroatoms. The summed E-state index contributed by atoms with van der Waals surface area (Å²) in [6.45, 7) is 3.61. The number of nitrogens with zero attached hydrogens (tertiary/aromatic N) is 1. The molecule has 0 aliphatic rings. The SMILES string of the molecule is C=CCc1c[c]ccc1C#N. The lowest BCUT2D eigenvalue weighted by Crippen LogP contribution is -1.85. The van der Waals surface area contributed by atoms with Crippen LogP contribution < -0.4 is 0 Å². The Morgan fingerprint density at radius 2 is 2.55 bits per heavy atom. The van der Waals surface area contributed by atoms with Gasteiger partial charge in [-0.3, -0.25) is 0 Å². The molecule has 1 aromatic rings. The predicted octanol–water partition coefficient (Wildman–Crippen LogP) is 2.09. The second-order valence-electron chi connectivity index (χ2n) is 2.19. The molecule has 0 bridgehead atoms. The van der Waals surface area contributed by atoms with E-state index < -0.39 is 0 Å². The average molecular weight is 142 g/mol. The van der Waals surface area contributed by atoms with E-state index in [1.807, 2.05) is 6.07 Å². The Morgan fingerprint density at radius 3 is 3.18 bits per heavy atom. The smallest absolute Gasteiger partial charge is 0.0994 e. The van der Waals surface area contributed by atoms with Crippen LogP contribution in [0.25, 0.3) is 0 Å². The van der Waals surface area contributed by atoms with E-state index in [-0.39, 0.29) is 0 Å². The minimum atomic E-state index is 0.712. The van der Waals surface area contributed by atoms with Crippen LogP contribution in [0.1, 0.15) is 11.1 Å². The second kappa shape index (κ2) is 3.58. The average Bonchev–Trinajstić information content (AvgIpc) is 2.06. The molecule has 1 rings (SSSR count). The van der Waals surface area contributed by atoms with Crippen LogP contribution in [0, 0.1) is 17.4 Å². The van der Waals surface area contributed by atoms with Gasteiger partial charge in [0.2, 0.25) is 0 Å². The molecular formula is C10H8N. The van der Waals surface area contributed by atoms with Crippen LogP contribution in [0.3, 0.4) is 0 Å². The zero-order valence-electron chi connectivity index (χ0n) is 6.17. The molecule has 1 nitrogen and oxygen atoms in total. The first-order chi connectivity index (χ1) is 5.38. The Bertz CT molecular complexity index is 294. The largest absolute Gasteiger partial charge is 0.192 e. The van der Waals surface area contributed by atoms with E-state index in [1.54, 1.807) is 18.2 Å². The van der Waals surface area contributed by atoms with Gasteiger partial charge in [-0.2, -0.15) is 5.26 Å². The number of allylic oxidation sites excluding steroid dienone is 1. The fourth-order valence-corrected chi connectivity index (χ4v) is 0.898. The van der Waals surface area contributed by atoms with Crippen molar-refractivity contribution in [3.8, 4) is 6.07 Å². The predicted molar refractivity (Wildman–Crippen MR) is 43.9 cm³/mol. The van der Waals surface area contributed by atoms with Gasteiger partial charge in [0.15, 0.2) is 0 Å². The van der Waals surface area contributed by atoms with E-state index in [9.17, 15) is 0 Å². The summed E-state index contributed by atoms with van der Waals surface area (Å²) < 4.78 is 0. The van der Waals surface area contributed by atoms with Crippen LogP contribution in [-0.4, -0.2) is 0 Å². The quantitative estimate of drug-likeness (QED) is 0.580. The highest BCUT2D eigenvalue weighted by atomic mass is 14.2. The Kier molecular flexibility index (Phi) is 2.46. The van der Waals surface area contributed by atoms with Crippen molar-refractivity contribution in [2.75, 3.05) is 0 Å². The zero-order valence-corrected chi connectivity index (χ0v) is 6.17. The molecule has 0 aromatic heterocycles. The van der Waals surface area contributed by atoms with Crippen molar-refractivity contribution in [1.29, 1.82) is 5.26 Å². The lowest BCUT2D eigenvalue weighted by molar-refractivity contribution is 1.25. The Morgan fingerprint density at radius 1 is 1.73 bits per heavy atom. The third kappa shape index (κ3) is 1.68. The van der Waals surface area contributed by atoms with Gasteiger partial charge in [0.05, 0.1) is 11.6 Å². The Hall–Kier alpha value is -1.55. The summed E-state index contributed by atoms with van der Waals surface area (Å²) in [5.41, 5.74) is 1.70. The number of hydrogen-bond donors (Lipinski definition) is 0. The molecular weight excluding hydrogens is 134 g/mol. The number of nitriles is 1. The van der Waals surface area contributed by atoms with Gasteiger partial charge in [0.25, 0.3) is 0 Å². The minimum Gasteiger partial charge on any atom is -0.192 e. The van der Waals surface area contributed by atoms with Gasteiger partial charge < -0.3 is 0 Å². The molecule has 0 heterocycles. The fraction of sp³-hybridized carbons (Fsp3) is 0.100. The van der Waals surface area contributed by atoms with Crippen molar-refractivity contribution >= 4 is 0 Å². The number of benzene rings is 1. The summed E-state index contributed by atoms with van der Waals surface area (Å²) in [5.74, 6) is 0. The van der Waals surface area contributed by atoms with Crippen molar-refractivity contribution < 1.29 is 0 Å². The van der Waals surface area contributed by atoms with Crippen molar-refractivity contribution in [2.24, 2.45) is 0 Å². The summed E-state index contributed by atoms with van der Waals surface area (Å²) in [6.07, 6.45) is 2.52. The molecule has 0 N–H and O–H groups in total. The molecule has 0 saturated heterocycles. The third-order valence-corrected chi connectivity index (χ3v) is 1.43. The first-order valence-electron chi connectivity index (χ1n) is 3.38. The summed E-state index contributed by atoms with van der Waals surface area (Å²) in [4.78, 5) is 0. The maximum atomic E-state index is 8.65. The van der Waals surface area contributed by atoms with Crippen molar-refractivity contribution in [1.82, 2.24) is 0 Å². The van der Waals surface area contributed by atoms with E-state index in [0.29, 0.717) is 5.56 Å². The summed E-state index contributed by atoms with van der Waals surface area (Å²) >= 11 is 0. The van der Waals surface area contributed by atoms with Gasteiger partial charge in [0.1, 0.15) is 0 Å². The Balaban J connectivity index is 3.04. The number of hydrogen-bond acceptors (Lipinski definition) is 1. The molecule has 0 amide bonds. The topological polar surface area (TPSA) is 23.8 Å². The van der Waals surface area contributed by atoms with Crippen molar-refractivity contribution in [2.45, 2.75) is 6.42 Å². The second-order valence-corrected chi connectivity index (χ2v) is 2.19. The maximum absolute atomic E-state index is 8.65. The van der Waals surface area contributed by atoms with Crippen LogP contribution in [0.2, 0.25) is 0 Å². The van der Waals surface area contributed by atoms with Gasteiger partial charge in [-0.25, -0.2) is 0 Å². The lowest BCUT2D eigenvalue weighted by atomic mass is 10.1. The minimum absolute atomic E-state index is 0.712. The molecule has 0 unspecified atom stereocenters. The molecule has 1 aromatic carbocycles. The normalized spacial score (nSPS) is 8.64. The highest BCUT2D eigenvalue weighted by Gasteiger charge is 1.96. The van der Waals surface area contributed by atoms with Crippen LogP contribution in [-0.2, 0) is 6.42 Å². The zero-order chi connectivity index (χ0) is 8.10. The molecule has 0 atom stereocenters. The van der Waals surface area contributed by atoms with Crippen LogP contribution in [0.4, 0.5) is 0 Å². The van der Waals surface area contributed by atoms with E-state index in [2.05, 4.69) is 18.7 Å². The molecule has 0 saturated carbocycles. The van der Waals surface area contributed by atoms with Crippen LogP contribution in [0.5, 0.6) is 0 Å². The standard InChI is InChI=1S/C10H8N/c1-2-5-9-6-3-4-7-10(9)8-11/h2,4,6-7H,1,5H2. The van der Waals surface area contributed by atoms with Gasteiger partial charge >= 0.3 is 0 Å². The number of rotatable bonds is 2. The van der Waals surface area contributed by atoms with Gasteiger partial charge in [-0.15, -0.1) is 6.58 Å². The van der Waals surface area contributed by atoms with E-state index in [4.69, 9.17) is 5.26 Å². The molecule has 0 aliphatic heterocycles. The highest BCUT2D eigenvalue weighted by molar-refractivity contribution is 5.37. The van der Waals surface area contributed by atoms with Crippen molar-refractivity contribution in [3.05, 3.63) is 48.0 Å². The monoisotopic (exact) mass is 142 g/mol. The summed E-state index contributed by atoms with van der Waals surface area (Å²) in [6, 6.07) is 10.4. The molecule has 0 aliphatic carbocycles. The van der Waals surface area contributed by atoms with Crippen LogP contribution >= 0.6 is 0 Å². The molecule has 1 radical (unpaired) electrons. The maximum Gasteiger partial charge on any atom is 0.0994 e. The van der Waals surface area contributed by atoms with Gasteiger partial charge in [-0.05, 0) is 30.2 Å². The first kappa shape index (κ1) is 7.56. The van der Waals surface area contributed by atoms with E-state index in [1.165, 1.54) is 0 Å². The fourth-order valence-electron chi connectivity index (χ4n) is 0.898. The Labute approximate surface area is 66.6 Å². The van der Waals surface area contributed by atoms with Gasteiger partial charge in [0, 0.05) is 0 Å². The van der Waals surface area contributed by atoms with Crippen molar-refractivity contribution in [3.63, 3.8) is 0 Å². The van der Waals surface area contributed by atoms with Crippen LogP contribution in [0.15, 0.2) is 30.9 Å². The highest BCUT2D eigenvalue weighted by Crippen LogP contribution is 2.07. The van der Waals surface area contributed by atoms with Gasteiger partial charge in [-0.1, -0.05) is 12.1 Å². The molecule has 0 fully saturated rings. The summed E-state index contributed by atoms with van der Waals surface area (Å²) in [5, 5.41) is 8.65. The molecule has 11 heavy (non-hydrogen) atoms. The molecule has 0 spiro atoms. The lowest BCUT2D eigenvalue weighted by Gasteiger charge is -1.96. The first-order valence-corrected chi connectivity index (χ1v) is 3.38.